The van der Waals surface area contributed by atoms with E-state index in [1.807, 2.05) is 101 Å². The van der Waals surface area contributed by atoms with E-state index in [9.17, 15) is 33.6 Å². The molecule has 0 aromatic heterocycles. The maximum absolute atomic E-state index is 14.7. The van der Waals surface area contributed by atoms with E-state index in [0.717, 1.165) is 67.2 Å². The van der Waals surface area contributed by atoms with Crippen LogP contribution in [0.1, 0.15) is 162 Å². The maximum Gasteiger partial charge on any atom is 0.251 e. The van der Waals surface area contributed by atoms with Crippen molar-refractivity contribution in [2.75, 3.05) is 13.6 Å². The lowest BCUT2D eigenvalue weighted by atomic mass is 9.76. The Morgan fingerprint density at radius 1 is 0.705 bits per heavy atom. The van der Waals surface area contributed by atoms with Gasteiger partial charge in [-0.15, -0.1) is 0 Å². The van der Waals surface area contributed by atoms with Gasteiger partial charge in [0.2, 0.25) is 29.5 Å². The predicted octanol–water partition coefficient (Wildman–Crippen LogP) is 8.40. The average molecular weight is 1060 g/mol. The summed E-state index contributed by atoms with van der Waals surface area (Å²) in [6, 6.07) is 28.7. The van der Waals surface area contributed by atoms with Crippen LogP contribution in [0.3, 0.4) is 0 Å². The molecule has 9 atom stereocenters. The van der Waals surface area contributed by atoms with Crippen molar-refractivity contribution in [3.8, 4) is 5.75 Å². The predicted molar refractivity (Wildman–Crippen MR) is 299 cm³/mol. The Kier molecular flexibility index (Phi) is 18.9. The lowest BCUT2D eigenvalue weighted by molar-refractivity contribution is -0.149. The van der Waals surface area contributed by atoms with Crippen LogP contribution in [0.15, 0.2) is 97.1 Å². The van der Waals surface area contributed by atoms with Crippen molar-refractivity contribution >= 4 is 41.2 Å². The molecule has 5 N–H and O–H groups in total. The van der Waals surface area contributed by atoms with Gasteiger partial charge in [0.05, 0.1) is 30.6 Å². The normalized spacial score (nSPS) is 21.9. The quantitative estimate of drug-likeness (QED) is 0.0573. The number of hydrogen-bond acceptors (Lipinski definition) is 9. The Hall–Kier alpha value is -6.87. The lowest BCUT2D eigenvalue weighted by Crippen LogP contribution is -2.51. The van der Waals surface area contributed by atoms with Gasteiger partial charge in [-0.1, -0.05) is 114 Å². The smallest absolute Gasteiger partial charge is 0.251 e. The minimum Gasteiger partial charge on any atom is -0.489 e. The van der Waals surface area contributed by atoms with Crippen LogP contribution in [0.25, 0.3) is 0 Å². The van der Waals surface area contributed by atoms with Crippen LogP contribution in [-0.2, 0) is 54.8 Å². The molecular weight excluding hydrogens is 983 g/mol. The molecule has 416 valence electrons. The van der Waals surface area contributed by atoms with E-state index < -0.39 is 41.3 Å². The molecule has 0 spiro atoms. The number of Topliss-reactive ketones (excluding diaryl/α,β-unsaturated/α-hetero) is 1. The summed E-state index contributed by atoms with van der Waals surface area (Å²) in [5, 5.41) is 14.0. The molecule has 1 saturated carbocycles. The number of nitrogens with zero attached hydrogens (tertiary/aromatic N) is 2. The number of hydrogen-bond donors (Lipinski definition) is 5. The van der Waals surface area contributed by atoms with Crippen LogP contribution in [0.5, 0.6) is 5.75 Å². The van der Waals surface area contributed by atoms with Crippen LogP contribution in [0, 0.1) is 29.1 Å². The molecule has 1 heterocycles. The van der Waals surface area contributed by atoms with E-state index in [1.54, 1.807) is 31.0 Å². The fourth-order valence-corrected chi connectivity index (χ4v) is 11.7. The summed E-state index contributed by atoms with van der Waals surface area (Å²) >= 11 is 0. The highest BCUT2D eigenvalue weighted by atomic mass is 16.5. The summed E-state index contributed by atoms with van der Waals surface area (Å²) in [7, 11) is 1.71. The first-order valence-corrected chi connectivity index (χ1v) is 28.4. The Morgan fingerprint density at radius 2 is 1.29 bits per heavy atom. The zero-order valence-corrected chi connectivity index (χ0v) is 46.7. The largest absolute Gasteiger partial charge is 0.489 e. The number of fused-ring (bicyclic) bond motifs is 2. The number of likely N-dealkylation sites (tertiary alicyclic amines) is 1. The van der Waals surface area contributed by atoms with E-state index in [4.69, 9.17) is 4.74 Å². The number of carbonyl (C=O) groups is 7. The third-order valence-corrected chi connectivity index (χ3v) is 16.9. The van der Waals surface area contributed by atoms with Crippen LogP contribution >= 0.6 is 0 Å². The summed E-state index contributed by atoms with van der Waals surface area (Å²) in [5.41, 5.74) is 8.99. The maximum atomic E-state index is 14.7. The molecule has 6 amide bonds. The summed E-state index contributed by atoms with van der Waals surface area (Å²) in [4.78, 5) is 99.3. The number of likely N-dealkylation sites (N-methyl/N-ethyl adjacent to an activating group) is 1. The van der Waals surface area contributed by atoms with Gasteiger partial charge in [-0.2, -0.15) is 0 Å². The highest BCUT2D eigenvalue weighted by molar-refractivity contribution is 5.96. The van der Waals surface area contributed by atoms with Gasteiger partial charge in [0, 0.05) is 42.3 Å². The molecule has 2 fully saturated rings. The fraction of sp³-hybridized carbons (Fsp3) is 0.508. The molecule has 1 aliphatic heterocycles. The summed E-state index contributed by atoms with van der Waals surface area (Å²) < 4.78 is 6.16. The number of ketones is 1. The minimum absolute atomic E-state index is 0.0191. The zero-order chi connectivity index (χ0) is 55.7. The van der Waals surface area contributed by atoms with E-state index in [2.05, 4.69) is 44.9 Å². The van der Waals surface area contributed by atoms with Crippen LogP contribution < -0.4 is 31.4 Å². The second kappa shape index (κ2) is 25.7. The molecule has 78 heavy (non-hydrogen) atoms. The first kappa shape index (κ1) is 57.3. The van der Waals surface area contributed by atoms with E-state index in [1.165, 1.54) is 16.1 Å². The molecule has 1 saturated heterocycles. The third kappa shape index (κ3) is 13.9. The lowest BCUT2D eigenvalue weighted by Gasteiger charge is -2.36. The van der Waals surface area contributed by atoms with E-state index in [0.29, 0.717) is 30.6 Å². The van der Waals surface area contributed by atoms with Gasteiger partial charge in [-0.05, 0) is 141 Å². The summed E-state index contributed by atoms with van der Waals surface area (Å²) in [6.07, 6.45) is 8.23. The number of ether oxygens (including phenoxy) is 1. The van der Waals surface area contributed by atoms with Gasteiger partial charge < -0.3 is 30.9 Å². The first-order chi connectivity index (χ1) is 37.4. The molecule has 15 nitrogen and oxygen atoms in total. The SMILES string of the molecule is CC[C@@H](C)C(=O)NN(Cc1ccc(OCc2ccc(C(=O)N[C@H]3CC(C(=O)N[C@@H]4CCCc5ccccc54)N(C(=O)[C@@H](CC(=O)[C@H](C)NC)C(C)(C)C)C3)cc2)cc1)C(=O)C1CCC[C@H]1C(=O)NC1CCCc2ccccc21. The van der Waals surface area contributed by atoms with E-state index in [-0.39, 0.29) is 91.8 Å². The third-order valence-electron chi connectivity index (χ3n) is 16.9. The topological polar surface area (TPSA) is 195 Å². The van der Waals surface area contributed by atoms with Crippen molar-refractivity contribution in [1.29, 1.82) is 0 Å². The number of nitrogens with one attached hydrogen (secondary N) is 5. The molecule has 3 aliphatic carbocycles. The Labute approximate surface area is 460 Å². The van der Waals surface area contributed by atoms with Crippen molar-refractivity contribution in [3.63, 3.8) is 0 Å². The number of amides is 6. The van der Waals surface area contributed by atoms with E-state index >= 15 is 0 Å². The second-order valence-electron chi connectivity index (χ2n) is 23.3. The Balaban J connectivity index is 0.886. The number of rotatable bonds is 19. The first-order valence-electron chi connectivity index (χ1n) is 28.4. The molecule has 4 aromatic rings. The number of benzene rings is 4. The zero-order valence-electron chi connectivity index (χ0n) is 46.7. The van der Waals surface area contributed by atoms with Gasteiger partial charge in [-0.25, -0.2) is 5.01 Å². The van der Waals surface area contributed by atoms with Crippen molar-refractivity contribution in [3.05, 3.63) is 136 Å². The monoisotopic (exact) mass is 1060 g/mol. The number of hydrazine groups is 1. The highest BCUT2D eigenvalue weighted by Crippen LogP contribution is 2.38. The van der Waals surface area contributed by atoms with Gasteiger partial charge >= 0.3 is 0 Å². The molecule has 15 heteroatoms. The van der Waals surface area contributed by atoms with Gasteiger partial charge in [0.1, 0.15) is 24.2 Å². The van der Waals surface area contributed by atoms with Crippen LogP contribution in [0.4, 0.5) is 0 Å². The molecule has 8 rings (SSSR count). The number of carbonyl (C=O) groups excluding carboxylic acids is 7. The molecule has 4 aromatic carbocycles. The van der Waals surface area contributed by atoms with Crippen molar-refractivity contribution in [1.82, 2.24) is 36.6 Å². The summed E-state index contributed by atoms with van der Waals surface area (Å²) in [5.74, 6) is -3.10. The van der Waals surface area contributed by atoms with Crippen molar-refractivity contribution in [2.24, 2.45) is 29.1 Å². The van der Waals surface area contributed by atoms with Crippen molar-refractivity contribution in [2.45, 2.75) is 162 Å². The average Bonchev–Trinajstić information content (AvgIpc) is 4.12. The number of aryl methyl sites for hydroxylation is 2. The molecule has 0 bridgehead atoms. The molecule has 4 aliphatic rings. The second-order valence-corrected chi connectivity index (χ2v) is 23.3. The Morgan fingerprint density at radius 3 is 1.90 bits per heavy atom. The van der Waals surface area contributed by atoms with Gasteiger partial charge in [0.25, 0.3) is 5.91 Å². The summed E-state index contributed by atoms with van der Waals surface area (Å²) in [6.45, 7) is 11.8. The fourth-order valence-electron chi connectivity index (χ4n) is 11.7. The van der Waals surface area contributed by atoms with Crippen molar-refractivity contribution < 1.29 is 38.3 Å². The molecular formula is C63H81N7O8. The highest BCUT2D eigenvalue weighted by Gasteiger charge is 2.46. The Bertz CT molecular complexity index is 2790. The van der Waals surface area contributed by atoms with Crippen LogP contribution in [-0.4, -0.2) is 82.9 Å². The minimum atomic E-state index is -0.848. The molecule has 0 radical (unpaired) electrons. The standard InChI is InChI=1S/C63H81N7O8/c1-8-39(2)57(72)68-70(61(76)51-23-15-22-50(51)59(74)66-53-24-13-18-43-16-9-11-20-48(43)53)36-41-28-32-47(33-29-41)78-38-42-26-30-45(31-27-42)58(73)65-46-34-55(60(75)67-54-25-14-19-44-17-10-12-21-49(44)54)69(37-46)62(77)52(63(4,5)6)35-56(71)40(3)64-7/h9-12,16-17,20-21,26-33,39-40,46,50-55,64H,8,13-15,18-19,22-25,34-38H2,1-7H3,(H,65,73)(H,66,74)(H,67,75)(H,68,72)/t39-,40+,46+,50-,51?,52-,53?,54-,55?/m1/s1. The van der Waals surface area contributed by atoms with Crippen LogP contribution in [0.2, 0.25) is 0 Å². The molecule has 3 unspecified atom stereocenters. The van der Waals surface area contributed by atoms with Gasteiger partial charge in [0.15, 0.2) is 0 Å². The van der Waals surface area contributed by atoms with Gasteiger partial charge in [-0.3, -0.25) is 39.0 Å².